The summed E-state index contributed by atoms with van der Waals surface area (Å²) in [4.78, 5) is 0. The van der Waals surface area contributed by atoms with Crippen LogP contribution in [0.4, 0.5) is 0 Å². The van der Waals surface area contributed by atoms with Crippen molar-refractivity contribution < 1.29 is 4.74 Å². The van der Waals surface area contributed by atoms with Crippen LogP contribution in [-0.2, 0) is 0 Å². The Hall–Kier alpha value is -0.670. The lowest BCUT2D eigenvalue weighted by Crippen LogP contribution is -2.32. The number of thioether (sulfide) groups is 1. The highest BCUT2D eigenvalue weighted by Gasteiger charge is 2.23. The second-order valence-electron chi connectivity index (χ2n) is 5.14. The molecule has 3 heteroatoms. The van der Waals surface area contributed by atoms with Gasteiger partial charge in [-0.3, -0.25) is 0 Å². The van der Waals surface area contributed by atoms with E-state index in [1.165, 1.54) is 24.2 Å². The first kappa shape index (κ1) is 14.7. The van der Waals surface area contributed by atoms with Gasteiger partial charge in [-0.15, -0.1) is 0 Å². The molecule has 1 aliphatic heterocycles. The fraction of sp³-hybridized carbons (Fsp3) is 0.625. The summed E-state index contributed by atoms with van der Waals surface area (Å²) in [6.45, 7) is 4.12. The molecule has 2 unspecified atom stereocenters. The molecule has 0 spiro atoms. The van der Waals surface area contributed by atoms with Gasteiger partial charge >= 0.3 is 0 Å². The van der Waals surface area contributed by atoms with Gasteiger partial charge in [-0.05, 0) is 55.4 Å². The third-order valence-electron chi connectivity index (χ3n) is 3.81. The van der Waals surface area contributed by atoms with Crippen molar-refractivity contribution in [1.82, 2.24) is 5.32 Å². The molecule has 1 aromatic carbocycles. The minimum atomic E-state index is 0.633. The number of fused-ring (bicyclic) bond motifs is 1. The predicted molar refractivity (Wildman–Crippen MR) is 84.4 cm³/mol. The topological polar surface area (TPSA) is 21.3 Å². The molecule has 106 valence electrons. The van der Waals surface area contributed by atoms with Gasteiger partial charge in [-0.2, -0.15) is 11.8 Å². The largest absolute Gasteiger partial charge is 0.493 e. The van der Waals surface area contributed by atoms with E-state index < -0.39 is 0 Å². The molecule has 0 aromatic heterocycles. The molecule has 1 aliphatic rings. The molecule has 1 N–H and O–H groups in total. The first-order chi connectivity index (χ1) is 9.35. The van der Waals surface area contributed by atoms with E-state index in [2.05, 4.69) is 42.8 Å². The molecule has 2 atom stereocenters. The van der Waals surface area contributed by atoms with Gasteiger partial charge in [0.25, 0.3) is 0 Å². The molecule has 0 aliphatic carbocycles. The summed E-state index contributed by atoms with van der Waals surface area (Å²) in [6, 6.07) is 9.16. The lowest BCUT2D eigenvalue weighted by molar-refractivity contribution is 0.254. The minimum Gasteiger partial charge on any atom is -0.493 e. The Morgan fingerprint density at radius 3 is 3.05 bits per heavy atom. The van der Waals surface area contributed by atoms with Crippen molar-refractivity contribution in [1.29, 1.82) is 0 Å². The van der Waals surface area contributed by atoms with Crippen LogP contribution in [0.5, 0.6) is 5.75 Å². The van der Waals surface area contributed by atoms with E-state index in [0.717, 1.165) is 25.3 Å². The fourth-order valence-electron chi connectivity index (χ4n) is 2.86. The standard InChI is InChI=1S/C16H25NOS/c1-3-17-14(9-11-19-2)12-13-8-10-18-16-7-5-4-6-15(13)16/h4-7,13-14,17H,3,8-12H2,1-2H3. The Balaban J connectivity index is 2.01. The SMILES string of the molecule is CCNC(CCSC)CC1CCOc2ccccc21. The van der Waals surface area contributed by atoms with Gasteiger partial charge < -0.3 is 10.1 Å². The molecule has 0 amide bonds. The van der Waals surface area contributed by atoms with Gasteiger partial charge in [-0.1, -0.05) is 25.1 Å². The van der Waals surface area contributed by atoms with E-state index in [9.17, 15) is 0 Å². The summed E-state index contributed by atoms with van der Waals surface area (Å²) in [7, 11) is 0. The number of hydrogen-bond donors (Lipinski definition) is 1. The number of benzene rings is 1. The molecule has 0 saturated carbocycles. The van der Waals surface area contributed by atoms with E-state index in [4.69, 9.17) is 4.74 Å². The monoisotopic (exact) mass is 279 g/mol. The summed E-state index contributed by atoms with van der Waals surface area (Å²) >= 11 is 1.94. The molecule has 1 heterocycles. The molecule has 0 bridgehead atoms. The van der Waals surface area contributed by atoms with E-state index in [-0.39, 0.29) is 0 Å². The molecule has 0 saturated heterocycles. The molecule has 19 heavy (non-hydrogen) atoms. The van der Waals surface area contributed by atoms with Crippen molar-refractivity contribution >= 4 is 11.8 Å². The van der Waals surface area contributed by atoms with Gasteiger partial charge in [0.15, 0.2) is 0 Å². The zero-order chi connectivity index (χ0) is 13.5. The highest BCUT2D eigenvalue weighted by atomic mass is 32.2. The summed E-state index contributed by atoms with van der Waals surface area (Å²) in [5.41, 5.74) is 1.40. The first-order valence-corrected chi connectivity index (χ1v) is 8.68. The molecule has 0 radical (unpaired) electrons. The number of ether oxygens (including phenoxy) is 1. The van der Waals surface area contributed by atoms with E-state index in [1.807, 2.05) is 11.8 Å². The molecular weight excluding hydrogens is 254 g/mol. The molecule has 2 nitrogen and oxygen atoms in total. The zero-order valence-electron chi connectivity index (χ0n) is 12.0. The van der Waals surface area contributed by atoms with Crippen LogP contribution in [0.1, 0.15) is 37.7 Å². The Morgan fingerprint density at radius 1 is 1.42 bits per heavy atom. The zero-order valence-corrected chi connectivity index (χ0v) is 12.8. The van der Waals surface area contributed by atoms with Crippen molar-refractivity contribution in [2.75, 3.05) is 25.2 Å². The summed E-state index contributed by atoms with van der Waals surface area (Å²) < 4.78 is 5.75. The highest BCUT2D eigenvalue weighted by molar-refractivity contribution is 7.98. The van der Waals surface area contributed by atoms with Gasteiger partial charge in [0.2, 0.25) is 0 Å². The lowest BCUT2D eigenvalue weighted by atomic mass is 9.87. The van der Waals surface area contributed by atoms with Crippen molar-refractivity contribution in [3.05, 3.63) is 29.8 Å². The summed E-state index contributed by atoms with van der Waals surface area (Å²) in [5.74, 6) is 2.98. The van der Waals surface area contributed by atoms with E-state index in [0.29, 0.717) is 12.0 Å². The number of para-hydroxylation sites is 1. The van der Waals surface area contributed by atoms with E-state index >= 15 is 0 Å². The number of hydrogen-bond acceptors (Lipinski definition) is 3. The normalized spacial score (nSPS) is 19.6. The van der Waals surface area contributed by atoms with Crippen molar-refractivity contribution in [3.8, 4) is 5.75 Å². The van der Waals surface area contributed by atoms with Gasteiger partial charge in [0, 0.05) is 6.04 Å². The van der Waals surface area contributed by atoms with Crippen LogP contribution in [0, 0.1) is 0 Å². The second-order valence-corrected chi connectivity index (χ2v) is 6.13. The predicted octanol–water partition coefficient (Wildman–Crippen LogP) is 3.67. The van der Waals surface area contributed by atoms with E-state index in [1.54, 1.807) is 0 Å². The van der Waals surface area contributed by atoms with Crippen molar-refractivity contribution in [2.45, 2.75) is 38.1 Å². The van der Waals surface area contributed by atoms with Crippen LogP contribution in [0.15, 0.2) is 24.3 Å². The minimum absolute atomic E-state index is 0.633. The van der Waals surface area contributed by atoms with Gasteiger partial charge in [0.05, 0.1) is 6.61 Å². The quantitative estimate of drug-likeness (QED) is 0.823. The summed E-state index contributed by atoms with van der Waals surface area (Å²) in [5, 5.41) is 3.64. The van der Waals surface area contributed by atoms with Crippen LogP contribution in [-0.4, -0.2) is 31.2 Å². The summed E-state index contributed by atoms with van der Waals surface area (Å²) in [6.07, 6.45) is 5.83. The van der Waals surface area contributed by atoms with Crippen LogP contribution in [0.2, 0.25) is 0 Å². The second kappa shape index (κ2) is 7.81. The van der Waals surface area contributed by atoms with Crippen LogP contribution in [0.3, 0.4) is 0 Å². The molecular formula is C16H25NOS. The Labute approximate surface area is 121 Å². The van der Waals surface area contributed by atoms with Gasteiger partial charge in [-0.25, -0.2) is 0 Å². The highest BCUT2D eigenvalue weighted by Crippen LogP contribution is 2.36. The third-order valence-corrected chi connectivity index (χ3v) is 4.46. The van der Waals surface area contributed by atoms with Crippen molar-refractivity contribution in [2.24, 2.45) is 0 Å². The molecule has 2 rings (SSSR count). The average Bonchev–Trinajstić information content (AvgIpc) is 2.45. The van der Waals surface area contributed by atoms with Crippen LogP contribution in [0.25, 0.3) is 0 Å². The third kappa shape index (κ3) is 4.15. The molecule has 1 aromatic rings. The molecule has 0 fully saturated rings. The Bertz CT molecular complexity index is 383. The Kier molecular flexibility index (Phi) is 6.05. The van der Waals surface area contributed by atoms with Crippen LogP contribution < -0.4 is 10.1 Å². The lowest BCUT2D eigenvalue weighted by Gasteiger charge is -2.29. The number of rotatable bonds is 7. The average molecular weight is 279 g/mol. The van der Waals surface area contributed by atoms with Gasteiger partial charge in [0.1, 0.15) is 5.75 Å². The number of nitrogens with one attached hydrogen (secondary N) is 1. The van der Waals surface area contributed by atoms with Crippen molar-refractivity contribution in [3.63, 3.8) is 0 Å². The maximum atomic E-state index is 5.75. The smallest absolute Gasteiger partial charge is 0.122 e. The first-order valence-electron chi connectivity index (χ1n) is 7.29. The maximum Gasteiger partial charge on any atom is 0.122 e. The fourth-order valence-corrected chi connectivity index (χ4v) is 3.38. The van der Waals surface area contributed by atoms with Crippen LogP contribution >= 0.6 is 11.8 Å². The Morgan fingerprint density at radius 2 is 2.26 bits per heavy atom. The maximum absolute atomic E-state index is 5.75.